The Balaban J connectivity index is 1.95. The summed E-state index contributed by atoms with van der Waals surface area (Å²) >= 11 is 39.1. The number of hydrogen-bond acceptors (Lipinski definition) is 1. The van der Waals surface area contributed by atoms with Crippen molar-refractivity contribution in [3.05, 3.63) is 22.2 Å². The van der Waals surface area contributed by atoms with Gasteiger partial charge >= 0.3 is 0 Å². The average molecular weight is 381 g/mol. The highest BCUT2D eigenvalue weighted by Gasteiger charge is 2.82. The highest BCUT2D eigenvalue weighted by molar-refractivity contribution is 6.65. The van der Waals surface area contributed by atoms with Crippen LogP contribution in [0.1, 0.15) is 6.42 Å². The van der Waals surface area contributed by atoms with Gasteiger partial charge in [0.15, 0.2) is 4.33 Å². The molecule has 0 aromatic rings. The molecule has 2 fully saturated rings. The molecule has 1 saturated carbocycles. The Morgan fingerprint density at radius 2 is 1.63 bits per heavy atom. The van der Waals surface area contributed by atoms with Crippen molar-refractivity contribution in [1.29, 1.82) is 0 Å². The van der Waals surface area contributed by atoms with E-state index in [2.05, 4.69) is 0 Å². The maximum Gasteiger partial charge on any atom is 0.167 e. The van der Waals surface area contributed by atoms with Crippen molar-refractivity contribution in [2.24, 2.45) is 11.8 Å². The van der Waals surface area contributed by atoms with E-state index < -0.39 is 14.1 Å². The summed E-state index contributed by atoms with van der Waals surface area (Å²) in [6, 6.07) is 0. The fourth-order valence-corrected chi connectivity index (χ4v) is 6.74. The summed E-state index contributed by atoms with van der Waals surface area (Å²) in [5.74, 6) is -0.238. The molecule has 0 amide bonds. The summed E-state index contributed by atoms with van der Waals surface area (Å²) in [5, 5.41) is 0.530. The maximum atomic E-state index is 6.74. The number of rotatable bonds is 0. The largest absolute Gasteiger partial charge is 0.365 e. The molecule has 0 aromatic carbocycles. The van der Waals surface area contributed by atoms with Crippen LogP contribution in [-0.4, -0.2) is 26.3 Å². The molecule has 4 aliphatic rings. The van der Waals surface area contributed by atoms with Gasteiger partial charge in [0.1, 0.15) is 15.9 Å². The van der Waals surface area contributed by atoms with Gasteiger partial charge in [-0.1, -0.05) is 58.6 Å². The second-order valence-corrected chi connectivity index (χ2v) is 8.79. The molecule has 19 heavy (non-hydrogen) atoms. The van der Waals surface area contributed by atoms with Crippen LogP contribution in [0.3, 0.4) is 0 Å². The van der Waals surface area contributed by atoms with Crippen LogP contribution < -0.4 is 0 Å². The van der Waals surface area contributed by atoms with Crippen LogP contribution in [0.25, 0.3) is 0 Å². The van der Waals surface area contributed by atoms with Gasteiger partial charge < -0.3 is 4.74 Å². The summed E-state index contributed by atoms with van der Waals surface area (Å²) in [7, 11) is 0. The number of halogens is 6. The van der Waals surface area contributed by atoms with E-state index in [0.717, 1.165) is 6.42 Å². The van der Waals surface area contributed by atoms with Gasteiger partial charge in [-0.3, -0.25) is 0 Å². The number of alkyl halides is 4. The van der Waals surface area contributed by atoms with Crippen molar-refractivity contribution in [1.82, 2.24) is 0 Å². The molecule has 1 saturated heterocycles. The van der Waals surface area contributed by atoms with Crippen molar-refractivity contribution in [3.8, 4) is 0 Å². The Morgan fingerprint density at radius 1 is 1.00 bits per heavy atom. The van der Waals surface area contributed by atoms with Gasteiger partial charge in [-0.25, -0.2) is 0 Å². The molecular formula is C12H8Cl6O. The predicted octanol–water partition coefficient (Wildman–Crippen LogP) is 4.79. The third-order valence-electron chi connectivity index (χ3n) is 4.77. The van der Waals surface area contributed by atoms with E-state index in [1.54, 1.807) is 0 Å². The van der Waals surface area contributed by atoms with Crippen molar-refractivity contribution >= 4 is 69.6 Å². The van der Waals surface area contributed by atoms with Crippen molar-refractivity contribution in [3.63, 3.8) is 0 Å². The molecule has 0 radical (unpaired) electrons. The predicted molar refractivity (Wildman–Crippen MR) is 79.7 cm³/mol. The zero-order chi connectivity index (χ0) is 13.8. The summed E-state index contributed by atoms with van der Waals surface area (Å²) < 4.78 is 4.07. The third-order valence-corrected chi connectivity index (χ3v) is 9.09. The van der Waals surface area contributed by atoms with Crippen LogP contribution in [-0.2, 0) is 4.74 Å². The lowest BCUT2D eigenvalue weighted by Gasteiger charge is -2.34. The van der Waals surface area contributed by atoms with E-state index in [1.807, 2.05) is 12.2 Å². The first kappa shape index (κ1) is 13.8. The summed E-state index contributed by atoms with van der Waals surface area (Å²) in [5.41, 5.74) is 0. The molecule has 6 atom stereocenters. The van der Waals surface area contributed by atoms with Crippen LogP contribution in [0.15, 0.2) is 22.2 Å². The smallest absolute Gasteiger partial charge is 0.167 e. The summed E-state index contributed by atoms with van der Waals surface area (Å²) in [6.07, 6.45) is 4.98. The molecule has 4 rings (SSSR count). The first-order chi connectivity index (χ1) is 8.76. The van der Waals surface area contributed by atoms with Crippen LogP contribution in [0.2, 0.25) is 0 Å². The second-order valence-electron chi connectivity index (χ2n) is 5.52. The Hall–Kier alpha value is 1.18. The van der Waals surface area contributed by atoms with Crippen LogP contribution >= 0.6 is 69.6 Å². The van der Waals surface area contributed by atoms with Crippen molar-refractivity contribution in [2.45, 2.75) is 32.7 Å². The van der Waals surface area contributed by atoms with E-state index >= 15 is 0 Å². The van der Waals surface area contributed by atoms with Gasteiger partial charge in [-0.05, 0) is 12.3 Å². The fourth-order valence-electron chi connectivity index (χ4n) is 3.71. The summed E-state index contributed by atoms with van der Waals surface area (Å²) in [4.78, 5) is -2.33. The lowest BCUT2D eigenvalue weighted by Crippen LogP contribution is -2.44. The monoisotopic (exact) mass is 378 g/mol. The normalized spacial score (nSPS) is 56.9. The van der Waals surface area contributed by atoms with E-state index in [-0.39, 0.29) is 34.1 Å². The SMILES string of the molecule is ClC1=C(Cl)[C@@]2(Cl)[C@@H]3C[C@H]4O[C@@H]4C=C[C@H]3[C@@]1(Cl)C2(Cl)Cl. The molecule has 0 unspecified atom stereocenters. The Kier molecular flexibility index (Phi) is 2.72. The quantitative estimate of drug-likeness (QED) is 0.334. The number of hydrogen-bond donors (Lipinski definition) is 0. The van der Waals surface area contributed by atoms with E-state index in [1.165, 1.54) is 0 Å². The van der Waals surface area contributed by atoms with E-state index in [0.29, 0.717) is 0 Å². The van der Waals surface area contributed by atoms with E-state index in [9.17, 15) is 0 Å². The standard InChI is InChI=1S/C12H8Cl6O/c13-8-9(14)11(16)5-3-7-6(19-7)2-1-4(5)10(8,15)12(11,17)18/h1-2,4-7H,3H2/t4-,5-,6-,7-,10+,11+/m1/s1. The maximum absolute atomic E-state index is 6.74. The minimum Gasteiger partial charge on any atom is -0.365 e. The van der Waals surface area contributed by atoms with E-state index in [4.69, 9.17) is 74.3 Å². The van der Waals surface area contributed by atoms with Gasteiger partial charge in [0.05, 0.1) is 16.2 Å². The van der Waals surface area contributed by atoms with Crippen molar-refractivity contribution in [2.75, 3.05) is 0 Å². The average Bonchev–Trinajstić information content (AvgIpc) is 3.06. The molecule has 0 spiro atoms. The zero-order valence-corrected chi connectivity index (χ0v) is 13.9. The molecule has 1 nitrogen and oxygen atoms in total. The van der Waals surface area contributed by atoms with Gasteiger partial charge in [0, 0.05) is 5.92 Å². The molecule has 3 aliphatic carbocycles. The first-order valence-electron chi connectivity index (χ1n) is 5.92. The molecule has 7 heteroatoms. The van der Waals surface area contributed by atoms with Gasteiger partial charge in [-0.2, -0.15) is 0 Å². The lowest BCUT2D eigenvalue weighted by atomic mass is 9.80. The van der Waals surface area contributed by atoms with Crippen molar-refractivity contribution < 1.29 is 4.74 Å². The molecule has 1 aliphatic heterocycles. The minimum atomic E-state index is -1.45. The Morgan fingerprint density at radius 3 is 2.32 bits per heavy atom. The Bertz CT molecular complexity index is 542. The fraction of sp³-hybridized carbons (Fsp3) is 0.667. The highest BCUT2D eigenvalue weighted by atomic mass is 35.5. The molecule has 104 valence electrons. The zero-order valence-electron chi connectivity index (χ0n) is 9.35. The van der Waals surface area contributed by atoms with Gasteiger partial charge in [0.2, 0.25) is 0 Å². The highest BCUT2D eigenvalue weighted by Crippen LogP contribution is 2.77. The van der Waals surface area contributed by atoms with Crippen LogP contribution in [0, 0.1) is 11.8 Å². The molecule has 2 bridgehead atoms. The number of epoxide rings is 1. The molecule has 0 N–H and O–H groups in total. The molecule has 0 aromatic heterocycles. The van der Waals surface area contributed by atoms with Crippen LogP contribution in [0.4, 0.5) is 0 Å². The lowest BCUT2D eigenvalue weighted by molar-refractivity contribution is 0.293. The summed E-state index contributed by atoms with van der Waals surface area (Å²) in [6.45, 7) is 0. The molecule has 1 heterocycles. The molecular weight excluding hydrogens is 373 g/mol. The number of fused-ring (bicyclic) bond motifs is 6. The minimum absolute atomic E-state index is 0.0922. The van der Waals surface area contributed by atoms with Gasteiger partial charge in [-0.15, -0.1) is 23.2 Å². The topological polar surface area (TPSA) is 12.5 Å². The first-order valence-corrected chi connectivity index (χ1v) is 8.18. The number of ether oxygens (including phenoxy) is 1. The Labute approximate surface area is 140 Å². The second kappa shape index (κ2) is 3.74. The number of allylic oxidation sites excluding steroid dienone is 3. The van der Waals surface area contributed by atoms with Gasteiger partial charge in [0.25, 0.3) is 0 Å². The van der Waals surface area contributed by atoms with Crippen LogP contribution in [0.5, 0.6) is 0 Å². The third kappa shape index (κ3) is 1.29.